The van der Waals surface area contributed by atoms with Crippen LogP contribution in [-0.4, -0.2) is 76.9 Å². The number of nitrogens with zero attached hydrogens (tertiary/aromatic N) is 5. The summed E-state index contributed by atoms with van der Waals surface area (Å²) in [5.41, 5.74) is 3.80. The number of halogens is 5. The average Bonchev–Trinajstić information content (AvgIpc) is 4.19. The molecule has 0 spiro atoms. The Kier molecular flexibility index (Phi) is 25.4. The number of alkyl halides is 2. The first kappa shape index (κ1) is 62.5. The molecule has 75 heavy (non-hydrogen) atoms. The normalized spacial score (nSPS) is 10.5. The number of carbonyl (C=O) groups excluding carboxylic acids is 1. The number of aliphatic hydroxyl groups is 1. The van der Waals surface area contributed by atoms with E-state index in [9.17, 15) is 20.4 Å². The number of ether oxygens (including phenoxy) is 6. The first-order chi connectivity index (χ1) is 35.4. The zero-order valence-electron chi connectivity index (χ0n) is 41.2. The van der Waals surface area contributed by atoms with Gasteiger partial charge in [-0.15, -0.1) is 23.2 Å². The highest BCUT2D eigenvalue weighted by atomic mass is 35.5. The van der Waals surface area contributed by atoms with E-state index in [0.29, 0.717) is 68.3 Å². The van der Waals surface area contributed by atoms with Crippen molar-refractivity contribution in [3.63, 3.8) is 0 Å². The van der Waals surface area contributed by atoms with Crippen molar-refractivity contribution in [2.75, 3.05) is 45.8 Å². The third-order valence-electron chi connectivity index (χ3n) is 10.5. The number of phenols is 1. The molecule has 0 amide bonds. The number of hydrogen-bond acceptors (Lipinski definition) is 17. The molecule has 7 rings (SSSR count). The van der Waals surface area contributed by atoms with Crippen molar-refractivity contribution in [2.24, 2.45) is 0 Å². The van der Waals surface area contributed by atoms with Gasteiger partial charge in [0.05, 0.1) is 72.3 Å². The fourth-order valence-electron chi connectivity index (χ4n) is 6.44. The highest BCUT2D eigenvalue weighted by molar-refractivity contribution is 6.32. The molecule has 0 aliphatic carbocycles. The van der Waals surface area contributed by atoms with Gasteiger partial charge in [0.2, 0.25) is 5.76 Å². The Morgan fingerprint density at radius 3 is 1.52 bits per heavy atom. The smallest absolute Gasteiger partial charge is 0.393 e. The van der Waals surface area contributed by atoms with Gasteiger partial charge >= 0.3 is 18.1 Å². The van der Waals surface area contributed by atoms with Crippen LogP contribution in [0.1, 0.15) is 97.5 Å². The van der Waals surface area contributed by atoms with Gasteiger partial charge in [0.1, 0.15) is 50.1 Å². The number of aromatic nitrogens is 3. The molecule has 7 aromatic rings. The molecule has 0 radical (unpaired) electrons. The molecule has 3 heterocycles. The molecule has 0 fully saturated rings. The Bertz CT molecular complexity index is 2950. The van der Waals surface area contributed by atoms with Gasteiger partial charge in [-0.25, -0.2) is 9.78 Å². The second-order valence-corrected chi connectivity index (χ2v) is 17.9. The van der Waals surface area contributed by atoms with E-state index in [2.05, 4.69) is 54.8 Å². The lowest BCUT2D eigenvalue weighted by Gasteiger charge is -2.27. The Morgan fingerprint density at radius 1 is 0.667 bits per heavy atom. The number of aromatic hydroxyl groups is 1. The Balaban J connectivity index is 0.000000293. The van der Waals surface area contributed by atoms with Gasteiger partial charge in [0, 0.05) is 10.8 Å². The third-order valence-corrected chi connectivity index (χ3v) is 11.5. The van der Waals surface area contributed by atoms with E-state index in [1.54, 1.807) is 43.5 Å². The predicted molar refractivity (Wildman–Crippen MR) is 284 cm³/mol. The summed E-state index contributed by atoms with van der Waals surface area (Å²) < 4.78 is 45.7. The van der Waals surface area contributed by atoms with E-state index in [-0.39, 0.29) is 68.3 Å². The largest absolute Gasteiger partial charge is 0.508 e. The summed E-state index contributed by atoms with van der Waals surface area (Å²) in [6.07, 6.45) is 4.58. The molecule has 0 aliphatic heterocycles. The maximum atomic E-state index is 10.8. The number of esters is 1. The summed E-state index contributed by atoms with van der Waals surface area (Å²) in [6, 6.07) is 26.2. The monoisotopic (exact) mass is 1130 g/mol. The lowest BCUT2D eigenvalue weighted by atomic mass is 9.77. The highest BCUT2D eigenvalue weighted by Gasteiger charge is 2.28. The zero-order valence-corrected chi connectivity index (χ0v) is 45.0. The van der Waals surface area contributed by atoms with Gasteiger partial charge in [-0.05, 0) is 89.3 Å². The van der Waals surface area contributed by atoms with Crippen molar-refractivity contribution in [3.05, 3.63) is 157 Å². The van der Waals surface area contributed by atoms with Crippen molar-refractivity contribution < 1.29 is 56.7 Å². The standard InChI is InChI=1S/C23H22Cl2N2O4.C18H17Cl2NO2.C6H6ClNO3.C5H7NO3.CH4/c1-23(2,17-10-15(12-26)21(20(25)11-17)29-9-8-24)16-4-6-18(7-5-16)30-14-19-13-27-22(28-3)31-19;1-18(2,13-3-5-15(22)6-4-13)14-9-12(11-21)17(16(20)10-14)23-8-7-19;1-2-10-5(9)4-3-8-6(7)11-4;1-8-5-6-2-4(3-7)9-5;/h4-7,10-11,13H,8-9,14H2,1-3H3;3-6,9-10,22H,7-8H2,1-2H3;3H,2H2,1H3;2,7H,3H2,1H3;1H4. The number of oxazole rings is 3. The maximum absolute atomic E-state index is 10.8. The molecule has 3 aromatic heterocycles. The molecular weight excluding hydrogens is 1080 g/mol. The van der Waals surface area contributed by atoms with E-state index in [0.717, 1.165) is 22.3 Å². The minimum atomic E-state index is -0.549. The number of rotatable bonds is 18. The quantitative estimate of drug-likeness (QED) is 0.0600. The second kappa shape index (κ2) is 30.5. The summed E-state index contributed by atoms with van der Waals surface area (Å²) in [5, 5.41) is 37.5. The summed E-state index contributed by atoms with van der Waals surface area (Å²) in [6.45, 7) is 10.9. The van der Waals surface area contributed by atoms with E-state index in [4.69, 9.17) is 90.9 Å². The zero-order chi connectivity index (χ0) is 54.4. The van der Waals surface area contributed by atoms with Gasteiger partial charge in [-0.3, -0.25) is 0 Å². The Hall–Kier alpha value is -6.83. The molecular formula is C53H56Cl5N5O12. The van der Waals surface area contributed by atoms with Gasteiger partial charge in [-0.2, -0.15) is 20.5 Å². The fourth-order valence-corrected chi connectivity index (χ4v) is 7.27. The third kappa shape index (κ3) is 17.9. The number of nitriles is 2. The number of phenolic OH excluding ortho intramolecular Hbond substituents is 1. The molecule has 0 aliphatic rings. The molecule has 2 N–H and O–H groups in total. The lowest BCUT2D eigenvalue weighted by molar-refractivity contribution is 0.0490. The van der Waals surface area contributed by atoms with Crippen LogP contribution >= 0.6 is 58.0 Å². The van der Waals surface area contributed by atoms with Gasteiger partial charge in [0.15, 0.2) is 23.0 Å². The van der Waals surface area contributed by atoms with E-state index < -0.39 is 11.4 Å². The SMILES string of the molecule is C.CC(C)(c1ccc(O)cc1)c1cc(Cl)c(OCCCl)c(C#N)c1.CCOC(=O)c1cnc(Cl)o1.COc1ncc(CO)o1.COc1ncc(COc2ccc(C(C)(C)c3cc(Cl)c(OCCCl)c(C#N)c3)cc2)o1. The van der Waals surface area contributed by atoms with Crippen LogP contribution in [0.4, 0.5) is 0 Å². The van der Waals surface area contributed by atoms with Crippen molar-refractivity contribution in [1.29, 1.82) is 10.5 Å². The van der Waals surface area contributed by atoms with Crippen molar-refractivity contribution >= 4 is 64.0 Å². The number of methoxy groups -OCH3 is 2. The molecule has 0 atom stereocenters. The Labute approximate surface area is 460 Å². The molecule has 4 aromatic carbocycles. The minimum absolute atomic E-state index is 0. The highest BCUT2D eigenvalue weighted by Crippen LogP contribution is 2.40. The van der Waals surface area contributed by atoms with Crippen LogP contribution in [0.2, 0.25) is 15.4 Å². The number of aliphatic hydroxyl groups excluding tert-OH is 1. The number of benzene rings is 4. The van der Waals surface area contributed by atoms with E-state index in [1.807, 2.05) is 56.3 Å². The predicted octanol–water partition coefficient (Wildman–Crippen LogP) is 12.9. The molecule has 400 valence electrons. The Morgan fingerprint density at radius 2 is 1.13 bits per heavy atom. The average molecular weight is 1130 g/mol. The molecule has 17 nitrogen and oxygen atoms in total. The van der Waals surface area contributed by atoms with Crippen LogP contribution in [0.5, 0.6) is 35.2 Å². The fraction of sp³-hybridized carbons (Fsp3) is 0.321. The first-order valence-electron chi connectivity index (χ1n) is 22.1. The van der Waals surface area contributed by atoms with Crippen LogP contribution in [0.3, 0.4) is 0 Å². The van der Waals surface area contributed by atoms with E-state index in [1.165, 1.54) is 26.6 Å². The summed E-state index contributed by atoms with van der Waals surface area (Å²) >= 11 is 29.4. The van der Waals surface area contributed by atoms with Crippen molar-refractivity contribution in [2.45, 2.75) is 66.1 Å². The van der Waals surface area contributed by atoms with Gasteiger partial charge in [-0.1, -0.05) is 82.6 Å². The molecule has 22 heteroatoms. The minimum Gasteiger partial charge on any atom is -0.508 e. The molecule has 0 unspecified atom stereocenters. The van der Waals surface area contributed by atoms with Crippen molar-refractivity contribution in [1.82, 2.24) is 15.0 Å². The molecule has 0 bridgehead atoms. The second-order valence-electron chi connectivity index (χ2n) is 16.0. The van der Waals surface area contributed by atoms with Crippen LogP contribution in [0.25, 0.3) is 0 Å². The lowest BCUT2D eigenvalue weighted by Crippen LogP contribution is -2.19. The first-order valence-corrected chi connectivity index (χ1v) is 24.3. The van der Waals surface area contributed by atoms with Crippen LogP contribution in [-0.2, 0) is 28.8 Å². The summed E-state index contributed by atoms with van der Waals surface area (Å²) in [7, 11) is 2.94. The maximum Gasteiger partial charge on any atom is 0.393 e. The topological polar surface area (TPSA) is 239 Å². The summed E-state index contributed by atoms with van der Waals surface area (Å²) in [4.78, 5) is 22.0. The van der Waals surface area contributed by atoms with Gasteiger partial charge in [0.25, 0.3) is 5.35 Å². The molecule has 0 saturated heterocycles. The van der Waals surface area contributed by atoms with Crippen LogP contribution in [0.15, 0.2) is 105 Å². The summed E-state index contributed by atoms with van der Waals surface area (Å²) in [5.74, 6) is 2.71. The number of hydrogen-bond donors (Lipinski definition) is 2. The van der Waals surface area contributed by atoms with Crippen LogP contribution in [0, 0.1) is 22.7 Å². The van der Waals surface area contributed by atoms with Gasteiger partial charge < -0.3 is 51.9 Å². The van der Waals surface area contributed by atoms with Crippen LogP contribution < -0.4 is 23.7 Å². The van der Waals surface area contributed by atoms with E-state index >= 15 is 0 Å². The molecule has 0 saturated carbocycles. The number of carbonyl (C=O) groups is 1. The van der Waals surface area contributed by atoms with Crippen molar-refractivity contribution in [3.8, 4) is 47.3 Å².